The van der Waals surface area contributed by atoms with Crippen molar-refractivity contribution in [2.75, 3.05) is 13.7 Å². The second-order valence-electron chi connectivity index (χ2n) is 7.21. The summed E-state index contributed by atoms with van der Waals surface area (Å²) in [6.45, 7) is 1.86. The smallest absolute Gasteiger partial charge is 0.269 e. The van der Waals surface area contributed by atoms with E-state index in [0.717, 1.165) is 6.20 Å². The summed E-state index contributed by atoms with van der Waals surface area (Å²) in [6.07, 6.45) is 2.63. The molecule has 3 N–H and O–H groups in total. The minimum absolute atomic E-state index is 0.00319. The van der Waals surface area contributed by atoms with Crippen molar-refractivity contribution >= 4 is 11.9 Å². The maximum Gasteiger partial charge on any atom is 0.269 e. The number of aromatic nitrogens is 2. The number of benzene rings is 1. The van der Waals surface area contributed by atoms with E-state index in [-0.39, 0.29) is 41.8 Å². The van der Waals surface area contributed by atoms with Crippen LogP contribution in [0.4, 0.5) is 4.39 Å². The quantitative estimate of drug-likeness (QED) is 0.794. The number of H-pyrrole nitrogens is 1. The molecule has 1 fully saturated rings. The number of hydrogen-bond donors (Lipinski definition) is 2. The highest BCUT2D eigenvalue weighted by molar-refractivity contribution is 6.00. The van der Waals surface area contributed by atoms with Gasteiger partial charge in [0.25, 0.3) is 5.56 Å². The molecule has 2 aliphatic heterocycles. The molecule has 1 saturated heterocycles. The number of nitrogens with two attached hydrogens (primary N) is 1. The van der Waals surface area contributed by atoms with Gasteiger partial charge in [0.1, 0.15) is 17.1 Å². The summed E-state index contributed by atoms with van der Waals surface area (Å²) in [5, 5.41) is 0. The zero-order chi connectivity index (χ0) is 20.8. The lowest BCUT2D eigenvalue weighted by atomic mass is 9.72. The number of carbonyl (C=O) groups is 1. The van der Waals surface area contributed by atoms with Gasteiger partial charge in [-0.05, 0) is 31.5 Å². The van der Waals surface area contributed by atoms with Gasteiger partial charge >= 0.3 is 0 Å². The maximum atomic E-state index is 15.0. The summed E-state index contributed by atoms with van der Waals surface area (Å²) in [5.41, 5.74) is 4.37. The number of fused-ring (bicyclic) bond motifs is 1. The maximum absolute atomic E-state index is 15.0. The van der Waals surface area contributed by atoms with E-state index < -0.39 is 22.8 Å². The van der Waals surface area contributed by atoms with Crippen LogP contribution in [0, 0.1) is 11.7 Å². The molecule has 0 unspecified atom stereocenters. The number of aliphatic imine (C=N–C) groups is 1. The topological polar surface area (TPSA) is 123 Å². The molecule has 0 saturated carbocycles. The summed E-state index contributed by atoms with van der Waals surface area (Å²) < 4.78 is 26.3. The van der Waals surface area contributed by atoms with E-state index in [0.29, 0.717) is 6.42 Å². The van der Waals surface area contributed by atoms with Crippen molar-refractivity contribution < 1.29 is 18.7 Å². The summed E-state index contributed by atoms with van der Waals surface area (Å²) in [7, 11) is 1.54. The van der Waals surface area contributed by atoms with Crippen LogP contribution in [0.15, 0.2) is 40.4 Å². The summed E-state index contributed by atoms with van der Waals surface area (Å²) in [4.78, 5) is 36.4. The lowest BCUT2D eigenvalue weighted by molar-refractivity contribution is -0.144. The molecule has 3 heterocycles. The molecular formula is C19H20FN5O4. The second kappa shape index (κ2) is 6.96. The molecule has 0 spiro atoms. The van der Waals surface area contributed by atoms with E-state index in [1.54, 1.807) is 7.05 Å². The molecule has 29 heavy (non-hydrogen) atoms. The van der Waals surface area contributed by atoms with Crippen molar-refractivity contribution in [2.24, 2.45) is 16.6 Å². The van der Waals surface area contributed by atoms with Crippen LogP contribution in [0.3, 0.4) is 0 Å². The summed E-state index contributed by atoms with van der Waals surface area (Å²) >= 11 is 0. The van der Waals surface area contributed by atoms with Gasteiger partial charge in [0.15, 0.2) is 5.96 Å². The first-order chi connectivity index (χ1) is 13.8. The standard InChI is InChI=1S/C19H20FN5O4/c1-10-5-13-17(27)25(2)18(21)24-19(13,9-28-10)12-6-11(3-4-14(12)20)29-16-8-22-7-15(26)23-16/h3-4,6-8,10,13H,5,9H2,1-2H3,(H2,21,24)(H,23,26)/t10-,13-,19+/m0/s1. The fourth-order valence-corrected chi connectivity index (χ4v) is 3.77. The number of rotatable bonds is 3. The predicted molar refractivity (Wildman–Crippen MR) is 101 cm³/mol. The zero-order valence-electron chi connectivity index (χ0n) is 15.9. The Morgan fingerprint density at radius 3 is 2.93 bits per heavy atom. The van der Waals surface area contributed by atoms with Gasteiger partial charge in [0.05, 0.1) is 31.0 Å². The van der Waals surface area contributed by atoms with E-state index in [1.807, 2.05) is 6.92 Å². The van der Waals surface area contributed by atoms with Gasteiger partial charge < -0.3 is 15.2 Å². The number of aromatic amines is 1. The highest BCUT2D eigenvalue weighted by Crippen LogP contribution is 2.46. The van der Waals surface area contributed by atoms with Gasteiger partial charge in [-0.1, -0.05) is 0 Å². The first-order valence-corrected chi connectivity index (χ1v) is 9.07. The first kappa shape index (κ1) is 19.1. The fraction of sp³-hybridized carbons (Fsp3) is 0.368. The Morgan fingerprint density at radius 1 is 1.38 bits per heavy atom. The SMILES string of the molecule is C[C@H]1C[C@H]2C(=O)N(C)C(N)=N[C@@]2(c2cc(Oc3cncc(=O)[nH]3)ccc2F)CO1. The van der Waals surface area contributed by atoms with E-state index in [4.69, 9.17) is 15.2 Å². The molecule has 0 radical (unpaired) electrons. The van der Waals surface area contributed by atoms with Crippen molar-refractivity contribution in [1.82, 2.24) is 14.9 Å². The van der Waals surface area contributed by atoms with E-state index >= 15 is 0 Å². The number of halogens is 1. The lowest BCUT2D eigenvalue weighted by Gasteiger charge is -2.46. The number of carbonyl (C=O) groups excluding carboxylic acids is 1. The number of hydrogen-bond acceptors (Lipinski definition) is 7. The monoisotopic (exact) mass is 401 g/mol. The number of nitrogens with zero attached hydrogens (tertiary/aromatic N) is 3. The van der Waals surface area contributed by atoms with E-state index in [2.05, 4.69) is 15.0 Å². The first-order valence-electron chi connectivity index (χ1n) is 9.07. The van der Waals surface area contributed by atoms with E-state index in [9.17, 15) is 14.0 Å². The van der Waals surface area contributed by atoms with Crippen LogP contribution in [-0.4, -0.2) is 46.5 Å². The van der Waals surface area contributed by atoms with Gasteiger partial charge in [-0.15, -0.1) is 0 Å². The van der Waals surface area contributed by atoms with Gasteiger partial charge in [-0.25, -0.2) is 9.38 Å². The highest BCUT2D eigenvalue weighted by Gasteiger charge is 2.54. The predicted octanol–water partition coefficient (Wildman–Crippen LogP) is 1.11. The van der Waals surface area contributed by atoms with Crippen LogP contribution in [0.1, 0.15) is 18.9 Å². The molecule has 2 aliphatic rings. The lowest BCUT2D eigenvalue weighted by Crippen LogP contribution is -2.59. The average molecular weight is 401 g/mol. The molecular weight excluding hydrogens is 381 g/mol. The highest BCUT2D eigenvalue weighted by atomic mass is 19.1. The third kappa shape index (κ3) is 3.25. The van der Waals surface area contributed by atoms with Crippen LogP contribution in [0.5, 0.6) is 11.6 Å². The summed E-state index contributed by atoms with van der Waals surface area (Å²) in [6, 6.07) is 4.08. The number of guanidine groups is 1. The summed E-state index contributed by atoms with van der Waals surface area (Å²) in [5.74, 6) is -1.10. The van der Waals surface area contributed by atoms with Gasteiger partial charge in [-0.3, -0.25) is 24.5 Å². The molecule has 0 bridgehead atoms. The molecule has 1 amide bonds. The van der Waals surface area contributed by atoms with E-state index in [1.165, 1.54) is 29.3 Å². The van der Waals surface area contributed by atoms with Crippen molar-refractivity contribution in [3.63, 3.8) is 0 Å². The Morgan fingerprint density at radius 2 is 2.17 bits per heavy atom. The van der Waals surface area contributed by atoms with Crippen LogP contribution < -0.4 is 16.0 Å². The Labute approximate surface area is 165 Å². The molecule has 1 aromatic heterocycles. The largest absolute Gasteiger partial charge is 0.439 e. The van der Waals surface area contributed by atoms with Crippen LogP contribution >= 0.6 is 0 Å². The normalized spacial score (nSPS) is 26.7. The third-order valence-electron chi connectivity index (χ3n) is 5.28. The third-order valence-corrected chi connectivity index (χ3v) is 5.28. The molecule has 4 rings (SSSR count). The Hall–Kier alpha value is -3.27. The van der Waals surface area contributed by atoms with Crippen molar-refractivity contribution in [1.29, 1.82) is 0 Å². The Balaban J connectivity index is 1.81. The molecule has 2 aromatic rings. The molecule has 152 valence electrons. The Kier molecular flexibility index (Phi) is 4.58. The molecule has 0 aliphatic carbocycles. The van der Waals surface area contributed by atoms with Crippen LogP contribution in [0.25, 0.3) is 0 Å². The zero-order valence-corrected chi connectivity index (χ0v) is 15.9. The average Bonchev–Trinajstić information content (AvgIpc) is 2.69. The molecule has 1 aromatic carbocycles. The minimum Gasteiger partial charge on any atom is -0.439 e. The molecule has 9 nitrogen and oxygen atoms in total. The van der Waals surface area contributed by atoms with Crippen molar-refractivity contribution in [2.45, 2.75) is 25.0 Å². The number of nitrogens with one attached hydrogen (secondary N) is 1. The van der Waals surface area contributed by atoms with Crippen molar-refractivity contribution in [3.8, 4) is 11.6 Å². The van der Waals surface area contributed by atoms with Crippen molar-refractivity contribution in [3.05, 3.63) is 52.3 Å². The second-order valence-corrected chi connectivity index (χ2v) is 7.21. The van der Waals surface area contributed by atoms with Gasteiger partial charge in [0, 0.05) is 12.6 Å². The fourth-order valence-electron chi connectivity index (χ4n) is 3.77. The van der Waals surface area contributed by atoms with Gasteiger partial charge in [0.2, 0.25) is 11.8 Å². The Bertz CT molecular complexity index is 1050. The number of amides is 1. The molecule has 10 heteroatoms. The number of ether oxygens (including phenoxy) is 2. The van der Waals surface area contributed by atoms with Crippen LogP contribution in [-0.2, 0) is 15.1 Å². The molecule has 3 atom stereocenters. The van der Waals surface area contributed by atoms with Gasteiger partial charge in [-0.2, -0.15) is 0 Å². The minimum atomic E-state index is -1.30. The van der Waals surface area contributed by atoms with Crippen LogP contribution in [0.2, 0.25) is 0 Å².